The van der Waals surface area contributed by atoms with E-state index in [0.29, 0.717) is 24.8 Å². The summed E-state index contributed by atoms with van der Waals surface area (Å²) in [6.07, 6.45) is 5.18. The highest BCUT2D eigenvalue weighted by molar-refractivity contribution is 6.01. The van der Waals surface area contributed by atoms with Crippen LogP contribution in [0.5, 0.6) is 0 Å². The molecule has 1 N–H and O–H groups in total. The number of carbonyl (C=O) groups is 2. The highest BCUT2D eigenvalue weighted by atomic mass is 16.2. The van der Waals surface area contributed by atoms with Gasteiger partial charge in [-0.15, -0.1) is 0 Å². The van der Waals surface area contributed by atoms with Crippen LogP contribution in [0.15, 0.2) is 24.3 Å². The fourth-order valence-corrected chi connectivity index (χ4v) is 4.81. The maximum absolute atomic E-state index is 13.6. The number of rotatable bonds is 5. The molecule has 2 aliphatic rings. The van der Waals surface area contributed by atoms with Gasteiger partial charge >= 0.3 is 0 Å². The summed E-state index contributed by atoms with van der Waals surface area (Å²) in [4.78, 5) is 33.5. The van der Waals surface area contributed by atoms with E-state index in [1.54, 1.807) is 4.90 Å². The second kappa shape index (κ2) is 8.05. The third-order valence-electron chi connectivity index (χ3n) is 6.92. The van der Waals surface area contributed by atoms with Crippen LogP contribution in [0.2, 0.25) is 0 Å². The van der Waals surface area contributed by atoms with Crippen molar-refractivity contribution >= 4 is 22.8 Å². The number of nitrogens with one attached hydrogen (secondary N) is 1. The van der Waals surface area contributed by atoms with Gasteiger partial charge in [-0.3, -0.25) is 9.59 Å². The summed E-state index contributed by atoms with van der Waals surface area (Å²) < 4.78 is 1.94. The lowest BCUT2D eigenvalue weighted by molar-refractivity contribution is -0.134. The highest BCUT2D eigenvalue weighted by Gasteiger charge is 2.48. The van der Waals surface area contributed by atoms with Gasteiger partial charge in [0.05, 0.1) is 17.6 Å². The number of imidazole rings is 1. The van der Waals surface area contributed by atoms with Crippen LogP contribution < -0.4 is 5.32 Å². The van der Waals surface area contributed by atoms with Gasteiger partial charge in [0, 0.05) is 12.6 Å². The zero-order valence-electron chi connectivity index (χ0n) is 18.6. The van der Waals surface area contributed by atoms with Crippen molar-refractivity contribution in [1.29, 1.82) is 0 Å². The third-order valence-corrected chi connectivity index (χ3v) is 6.92. The van der Waals surface area contributed by atoms with E-state index in [9.17, 15) is 9.59 Å². The van der Waals surface area contributed by atoms with Gasteiger partial charge in [-0.2, -0.15) is 0 Å². The largest absolute Gasteiger partial charge is 0.351 e. The molecule has 2 amide bonds. The Hall–Kier alpha value is -2.37. The van der Waals surface area contributed by atoms with Crippen LogP contribution in [0.25, 0.3) is 11.0 Å². The lowest BCUT2D eigenvalue weighted by atomic mass is 9.86. The summed E-state index contributed by atoms with van der Waals surface area (Å²) in [5.74, 6) is 1.44. The number of para-hydroxylation sites is 2. The van der Waals surface area contributed by atoms with Gasteiger partial charge in [0.2, 0.25) is 5.91 Å². The minimum Gasteiger partial charge on any atom is -0.351 e. The first-order valence-corrected chi connectivity index (χ1v) is 11.4. The van der Waals surface area contributed by atoms with E-state index in [0.717, 1.165) is 49.1 Å². The molecule has 4 rings (SSSR count). The molecule has 1 fully saturated rings. The van der Waals surface area contributed by atoms with Crippen LogP contribution in [-0.2, 0) is 11.3 Å². The van der Waals surface area contributed by atoms with E-state index in [1.165, 1.54) is 0 Å². The molecule has 1 aromatic carbocycles. The van der Waals surface area contributed by atoms with E-state index in [1.807, 2.05) is 35.8 Å². The Labute approximate surface area is 179 Å². The van der Waals surface area contributed by atoms with Crippen molar-refractivity contribution in [3.05, 3.63) is 30.1 Å². The molecule has 2 aromatic rings. The van der Waals surface area contributed by atoms with Gasteiger partial charge in [-0.1, -0.05) is 32.9 Å². The Kier molecular flexibility index (Phi) is 5.60. The molecule has 162 valence electrons. The summed E-state index contributed by atoms with van der Waals surface area (Å²) in [6.45, 7) is 9.48. The van der Waals surface area contributed by atoms with Crippen molar-refractivity contribution in [2.75, 3.05) is 6.54 Å². The Morgan fingerprint density at radius 3 is 2.63 bits per heavy atom. The lowest BCUT2D eigenvalue weighted by Crippen LogP contribution is -2.65. The zero-order chi connectivity index (χ0) is 21.5. The van der Waals surface area contributed by atoms with Crippen molar-refractivity contribution in [2.45, 2.75) is 77.9 Å². The van der Waals surface area contributed by atoms with E-state index >= 15 is 0 Å². The predicted octanol–water partition coefficient (Wildman–Crippen LogP) is 3.99. The minimum absolute atomic E-state index is 0.0393. The molecule has 30 heavy (non-hydrogen) atoms. The molecule has 0 saturated heterocycles. The number of aromatic nitrogens is 2. The third kappa shape index (κ3) is 3.72. The Balaban J connectivity index is 1.67. The second-order valence-electron chi connectivity index (χ2n) is 9.85. The second-order valence-corrected chi connectivity index (χ2v) is 9.85. The Morgan fingerprint density at radius 2 is 1.93 bits per heavy atom. The van der Waals surface area contributed by atoms with E-state index in [2.05, 4.69) is 31.1 Å². The maximum atomic E-state index is 13.6. The molecule has 0 spiro atoms. The maximum Gasteiger partial charge on any atom is 0.290 e. The smallest absolute Gasteiger partial charge is 0.290 e. The van der Waals surface area contributed by atoms with Gasteiger partial charge in [-0.05, 0) is 63.0 Å². The van der Waals surface area contributed by atoms with Crippen molar-refractivity contribution in [3.63, 3.8) is 0 Å². The standard InChI is InChI=1S/C24H34N4O2/c1-16(2)13-14-28-22(29)21-26-19-7-5-6-8-20(19)27(21)15-24(28,4)23(30)25-18-11-9-17(3)10-12-18/h5-8,16-18H,9-15H2,1-4H3,(H,25,30)/t17?,18?,24-/m1/s1. The number of nitrogens with zero attached hydrogens (tertiary/aromatic N) is 3. The fraction of sp³-hybridized carbons (Fsp3) is 0.625. The summed E-state index contributed by atoms with van der Waals surface area (Å²) in [7, 11) is 0. The van der Waals surface area contributed by atoms with Crippen LogP contribution in [0.1, 0.15) is 70.4 Å². The molecule has 1 aliphatic carbocycles. The molecular formula is C24H34N4O2. The quantitative estimate of drug-likeness (QED) is 0.810. The van der Waals surface area contributed by atoms with Crippen LogP contribution >= 0.6 is 0 Å². The molecule has 1 aliphatic heterocycles. The fourth-order valence-electron chi connectivity index (χ4n) is 4.81. The SMILES string of the molecule is CC(C)CCN1C(=O)c2nc3ccccc3n2C[C@]1(C)C(=O)NC1CCC(C)CC1. The summed E-state index contributed by atoms with van der Waals surface area (Å²) in [5.41, 5.74) is 0.788. The van der Waals surface area contributed by atoms with Gasteiger partial charge in [0.15, 0.2) is 5.82 Å². The number of carbonyl (C=O) groups excluding carboxylic acids is 2. The van der Waals surface area contributed by atoms with E-state index in [4.69, 9.17) is 0 Å². The topological polar surface area (TPSA) is 67.2 Å². The number of amides is 2. The molecule has 2 heterocycles. The van der Waals surface area contributed by atoms with Gasteiger partial charge in [0.1, 0.15) is 5.54 Å². The Morgan fingerprint density at radius 1 is 1.23 bits per heavy atom. The van der Waals surface area contributed by atoms with Crippen molar-refractivity contribution in [1.82, 2.24) is 19.8 Å². The van der Waals surface area contributed by atoms with Crippen LogP contribution in [0, 0.1) is 11.8 Å². The summed E-state index contributed by atoms with van der Waals surface area (Å²) in [6, 6.07) is 7.98. The van der Waals surface area contributed by atoms with Crippen molar-refractivity contribution in [2.24, 2.45) is 11.8 Å². The molecule has 6 heteroatoms. The van der Waals surface area contributed by atoms with Crippen LogP contribution in [-0.4, -0.2) is 44.4 Å². The lowest BCUT2D eigenvalue weighted by Gasteiger charge is -2.44. The first-order valence-electron chi connectivity index (χ1n) is 11.4. The summed E-state index contributed by atoms with van der Waals surface area (Å²) in [5, 5.41) is 3.29. The van der Waals surface area contributed by atoms with Gasteiger partial charge in [0.25, 0.3) is 5.91 Å². The monoisotopic (exact) mass is 410 g/mol. The van der Waals surface area contributed by atoms with Gasteiger partial charge < -0.3 is 14.8 Å². The van der Waals surface area contributed by atoms with Crippen molar-refractivity contribution in [3.8, 4) is 0 Å². The number of hydrogen-bond donors (Lipinski definition) is 1. The molecule has 0 bridgehead atoms. The highest BCUT2D eigenvalue weighted by Crippen LogP contribution is 2.32. The first-order chi connectivity index (χ1) is 14.3. The molecule has 0 unspecified atom stereocenters. The van der Waals surface area contributed by atoms with Gasteiger partial charge in [-0.25, -0.2) is 4.98 Å². The number of fused-ring (bicyclic) bond motifs is 3. The predicted molar refractivity (Wildman–Crippen MR) is 118 cm³/mol. The van der Waals surface area contributed by atoms with E-state index < -0.39 is 5.54 Å². The first kappa shape index (κ1) is 20.9. The normalized spacial score (nSPS) is 26.8. The molecular weight excluding hydrogens is 376 g/mol. The average Bonchev–Trinajstić information content (AvgIpc) is 3.08. The molecule has 1 aromatic heterocycles. The average molecular weight is 411 g/mol. The van der Waals surface area contributed by atoms with Crippen LogP contribution in [0.4, 0.5) is 0 Å². The molecule has 1 atom stereocenters. The molecule has 0 radical (unpaired) electrons. The minimum atomic E-state index is -0.925. The molecule has 1 saturated carbocycles. The Bertz CT molecular complexity index is 942. The molecule has 6 nitrogen and oxygen atoms in total. The summed E-state index contributed by atoms with van der Waals surface area (Å²) >= 11 is 0. The van der Waals surface area contributed by atoms with Crippen molar-refractivity contribution < 1.29 is 9.59 Å². The number of benzene rings is 1. The number of hydrogen-bond acceptors (Lipinski definition) is 3. The van der Waals surface area contributed by atoms with E-state index in [-0.39, 0.29) is 17.9 Å². The zero-order valence-corrected chi connectivity index (χ0v) is 18.6. The van der Waals surface area contributed by atoms with Crippen LogP contribution in [0.3, 0.4) is 0 Å².